The second kappa shape index (κ2) is 7.79. The van der Waals surface area contributed by atoms with Crippen molar-refractivity contribution in [3.8, 4) is 11.3 Å². The van der Waals surface area contributed by atoms with E-state index in [1.54, 1.807) is 12.4 Å². The maximum atomic E-state index is 13.1. The summed E-state index contributed by atoms with van der Waals surface area (Å²) in [6, 6.07) is 21.7. The van der Waals surface area contributed by atoms with Crippen LogP contribution >= 0.6 is 0 Å². The average molecular weight is 392 g/mol. The number of benzene rings is 2. The Morgan fingerprint density at radius 2 is 1.93 bits per heavy atom. The van der Waals surface area contributed by atoms with Crippen molar-refractivity contribution < 1.29 is 4.79 Å². The highest BCUT2D eigenvalue weighted by molar-refractivity contribution is 6.07. The molecule has 0 fully saturated rings. The molecule has 5 aromatic rings. The predicted molar refractivity (Wildman–Crippen MR) is 119 cm³/mol. The molecule has 1 amide bonds. The number of fused-ring (bicyclic) bond motifs is 2. The number of para-hydroxylation sites is 2. The fourth-order valence-electron chi connectivity index (χ4n) is 3.79. The molecule has 146 valence electrons. The van der Waals surface area contributed by atoms with Crippen molar-refractivity contribution >= 4 is 27.7 Å². The summed E-state index contributed by atoms with van der Waals surface area (Å²) in [6.45, 7) is 0.551. The van der Waals surface area contributed by atoms with E-state index < -0.39 is 0 Å². The van der Waals surface area contributed by atoms with Crippen LogP contribution in [0.5, 0.6) is 0 Å². The summed E-state index contributed by atoms with van der Waals surface area (Å²) >= 11 is 0. The maximum absolute atomic E-state index is 13.1. The first-order valence-corrected chi connectivity index (χ1v) is 9.93. The van der Waals surface area contributed by atoms with Crippen LogP contribution in [-0.2, 0) is 6.42 Å². The Bertz CT molecular complexity index is 1340. The van der Waals surface area contributed by atoms with E-state index in [1.165, 1.54) is 10.9 Å². The number of carbonyl (C=O) groups is 1. The minimum atomic E-state index is -0.0996. The van der Waals surface area contributed by atoms with Crippen molar-refractivity contribution in [1.29, 1.82) is 0 Å². The van der Waals surface area contributed by atoms with Crippen molar-refractivity contribution in [1.82, 2.24) is 20.3 Å². The third-order valence-electron chi connectivity index (χ3n) is 5.27. The van der Waals surface area contributed by atoms with Gasteiger partial charge < -0.3 is 10.3 Å². The molecule has 30 heavy (non-hydrogen) atoms. The number of nitrogens with zero attached hydrogens (tertiary/aromatic N) is 2. The molecule has 3 aromatic heterocycles. The highest BCUT2D eigenvalue weighted by atomic mass is 16.1. The van der Waals surface area contributed by atoms with Gasteiger partial charge in [0.25, 0.3) is 5.91 Å². The van der Waals surface area contributed by atoms with Gasteiger partial charge in [-0.15, -0.1) is 0 Å². The van der Waals surface area contributed by atoms with Crippen molar-refractivity contribution in [2.75, 3.05) is 6.54 Å². The molecule has 0 spiro atoms. The number of carbonyl (C=O) groups excluding carboxylic acids is 1. The van der Waals surface area contributed by atoms with Gasteiger partial charge in [0.2, 0.25) is 0 Å². The van der Waals surface area contributed by atoms with Crippen LogP contribution in [-0.4, -0.2) is 27.4 Å². The minimum Gasteiger partial charge on any atom is -0.361 e. The molecule has 2 aromatic carbocycles. The number of rotatable bonds is 5. The summed E-state index contributed by atoms with van der Waals surface area (Å²) in [6.07, 6.45) is 6.18. The Balaban J connectivity index is 1.42. The summed E-state index contributed by atoms with van der Waals surface area (Å²) < 4.78 is 0. The maximum Gasteiger partial charge on any atom is 0.252 e. The average Bonchev–Trinajstić information content (AvgIpc) is 3.29. The lowest BCUT2D eigenvalue weighted by atomic mass is 10.0. The molecule has 2 N–H and O–H groups in total. The summed E-state index contributed by atoms with van der Waals surface area (Å²) in [4.78, 5) is 25.3. The Morgan fingerprint density at radius 3 is 2.83 bits per heavy atom. The van der Waals surface area contributed by atoms with Gasteiger partial charge in [0, 0.05) is 41.6 Å². The quantitative estimate of drug-likeness (QED) is 0.453. The van der Waals surface area contributed by atoms with Gasteiger partial charge in [-0.3, -0.25) is 9.78 Å². The van der Waals surface area contributed by atoms with Gasteiger partial charge in [0.15, 0.2) is 0 Å². The second-order valence-corrected chi connectivity index (χ2v) is 7.18. The molecular weight excluding hydrogens is 372 g/mol. The van der Waals surface area contributed by atoms with Crippen LogP contribution in [0.3, 0.4) is 0 Å². The zero-order chi connectivity index (χ0) is 20.3. The number of pyridine rings is 2. The molecule has 3 heterocycles. The lowest BCUT2D eigenvalue weighted by molar-refractivity contribution is 0.0956. The minimum absolute atomic E-state index is 0.0996. The summed E-state index contributed by atoms with van der Waals surface area (Å²) in [5.74, 6) is -0.0996. The number of H-pyrrole nitrogens is 1. The molecule has 0 bridgehead atoms. The van der Waals surface area contributed by atoms with Gasteiger partial charge in [-0.2, -0.15) is 0 Å². The summed E-state index contributed by atoms with van der Waals surface area (Å²) in [5.41, 5.74) is 5.35. The van der Waals surface area contributed by atoms with Crippen LogP contribution in [0.25, 0.3) is 33.1 Å². The van der Waals surface area contributed by atoms with Gasteiger partial charge in [-0.05, 0) is 47.7 Å². The highest BCUT2D eigenvalue weighted by Crippen LogP contribution is 2.24. The van der Waals surface area contributed by atoms with E-state index in [0.717, 1.165) is 34.1 Å². The van der Waals surface area contributed by atoms with Crippen molar-refractivity contribution in [2.24, 2.45) is 0 Å². The van der Waals surface area contributed by atoms with Crippen molar-refractivity contribution in [3.63, 3.8) is 0 Å². The predicted octanol–water partition coefficient (Wildman–Crippen LogP) is 4.75. The fraction of sp³-hybridized carbons (Fsp3) is 0.0800. The van der Waals surface area contributed by atoms with Crippen molar-refractivity contribution in [3.05, 3.63) is 96.4 Å². The monoisotopic (exact) mass is 392 g/mol. The zero-order valence-electron chi connectivity index (χ0n) is 16.3. The molecule has 0 saturated heterocycles. The summed E-state index contributed by atoms with van der Waals surface area (Å²) in [7, 11) is 0. The SMILES string of the molecule is O=C(NCCc1cccc2cc[nH]c12)c1cc(-c2cccnc2)nc2ccccc12. The topological polar surface area (TPSA) is 70.7 Å². The first-order chi connectivity index (χ1) is 14.8. The van der Waals surface area contributed by atoms with Crippen LogP contribution in [0.1, 0.15) is 15.9 Å². The van der Waals surface area contributed by atoms with Gasteiger partial charge in [-0.25, -0.2) is 4.98 Å². The van der Waals surface area contributed by atoms with E-state index >= 15 is 0 Å². The van der Waals surface area contributed by atoms with Crippen LogP contribution in [0.4, 0.5) is 0 Å². The highest BCUT2D eigenvalue weighted by Gasteiger charge is 2.14. The van der Waals surface area contributed by atoms with E-state index in [1.807, 2.05) is 54.7 Å². The van der Waals surface area contributed by atoms with Crippen LogP contribution in [0, 0.1) is 0 Å². The number of aromatic amines is 1. The molecule has 5 heteroatoms. The number of hydrogen-bond acceptors (Lipinski definition) is 3. The lowest BCUT2D eigenvalue weighted by Crippen LogP contribution is -2.26. The van der Waals surface area contributed by atoms with Gasteiger partial charge in [0.1, 0.15) is 0 Å². The molecule has 0 aliphatic carbocycles. The number of hydrogen-bond donors (Lipinski definition) is 2. The Morgan fingerprint density at radius 1 is 1.00 bits per heavy atom. The number of amides is 1. The molecule has 5 rings (SSSR count). The van der Waals surface area contributed by atoms with Gasteiger partial charge >= 0.3 is 0 Å². The standard InChI is InChI=1S/C25H20N4O/c30-25(28-14-11-18-6-3-5-17-10-13-27-24(17)18)21-15-23(19-7-4-12-26-16-19)29-22-9-2-1-8-20(21)22/h1-10,12-13,15-16,27H,11,14H2,(H,28,30). The van der Waals surface area contributed by atoms with E-state index in [-0.39, 0.29) is 5.91 Å². The van der Waals surface area contributed by atoms with Crippen LogP contribution in [0.2, 0.25) is 0 Å². The van der Waals surface area contributed by atoms with E-state index in [2.05, 4.69) is 33.5 Å². The molecule has 0 saturated carbocycles. The third-order valence-corrected chi connectivity index (χ3v) is 5.27. The van der Waals surface area contributed by atoms with Gasteiger partial charge in [0.05, 0.1) is 16.8 Å². The first-order valence-electron chi connectivity index (χ1n) is 9.93. The Hall–Kier alpha value is -3.99. The van der Waals surface area contributed by atoms with Crippen molar-refractivity contribution in [2.45, 2.75) is 6.42 Å². The lowest BCUT2D eigenvalue weighted by Gasteiger charge is -2.11. The Labute approximate surface area is 173 Å². The largest absolute Gasteiger partial charge is 0.361 e. The normalized spacial score (nSPS) is 11.1. The van der Waals surface area contributed by atoms with Crippen LogP contribution < -0.4 is 5.32 Å². The smallest absolute Gasteiger partial charge is 0.252 e. The third kappa shape index (κ3) is 3.42. The number of aromatic nitrogens is 3. The molecule has 0 atom stereocenters. The fourth-order valence-corrected chi connectivity index (χ4v) is 3.79. The van der Waals surface area contributed by atoms with Crippen LogP contribution in [0.15, 0.2) is 85.3 Å². The number of nitrogens with one attached hydrogen (secondary N) is 2. The zero-order valence-corrected chi connectivity index (χ0v) is 16.3. The van der Waals surface area contributed by atoms with Gasteiger partial charge in [-0.1, -0.05) is 36.4 Å². The molecule has 5 nitrogen and oxygen atoms in total. The first kappa shape index (κ1) is 18.1. The molecule has 0 aliphatic heterocycles. The summed E-state index contributed by atoms with van der Waals surface area (Å²) in [5, 5.41) is 5.10. The Kier molecular flexibility index (Phi) is 4.69. The molecular formula is C25H20N4O. The van der Waals surface area contributed by atoms with E-state index in [4.69, 9.17) is 4.98 Å². The molecule has 0 unspecified atom stereocenters. The second-order valence-electron chi connectivity index (χ2n) is 7.18. The molecule has 0 aliphatic rings. The van der Waals surface area contributed by atoms with E-state index in [9.17, 15) is 4.79 Å². The molecule has 0 radical (unpaired) electrons. The van der Waals surface area contributed by atoms with E-state index in [0.29, 0.717) is 12.1 Å².